The molecule has 25 heteroatoms. The van der Waals surface area contributed by atoms with E-state index >= 15 is 0 Å². The average molecular weight is 1050 g/mol. The van der Waals surface area contributed by atoms with Crippen molar-refractivity contribution < 1.29 is 78.3 Å². The molecule has 0 bridgehead atoms. The van der Waals surface area contributed by atoms with E-state index in [9.17, 15) is 73.2 Å². The summed E-state index contributed by atoms with van der Waals surface area (Å²) >= 11 is 3.92. The predicted octanol–water partition coefficient (Wildman–Crippen LogP) is -1.83. The van der Waals surface area contributed by atoms with Crippen LogP contribution < -0.4 is 42.5 Å². The van der Waals surface area contributed by atoms with Gasteiger partial charge in [0.1, 0.15) is 48.4 Å². The van der Waals surface area contributed by atoms with Crippen molar-refractivity contribution in [2.24, 2.45) is 11.8 Å². The molecule has 2 rings (SSSR count). The highest BCUT2D eigenvalue weighted by molar-refractivity contribution is 7.80. The van der Waals surface area contributed by atoms with Crippen LogP contribution in [0.5, 0.6) is 0 Å². The molecule has 0 saturated heterocycles. The summed E-state index contributed by atoms with van der Waals surface area (Å²) < 4.78 is 0. The van der Waals surface area contributed by atoms with E-state index in [1.54, 1.807) is 93.7 Å². The third-order valence-corrected chi connectivity index (χ3v) is 11.3. The Bertz CT molecular complexity index is 2220. The molecule has 9 atom stereocenters. The van der Waals surface area contributed by atoms with Crippen molar-refractivity contribution >= 4 is 77.8 Å². The molecule has 24 nitrogen and oxygen atoms in total. The van der Waals surface area contributed by atoms with E-state index in [2.05, 4.69) is 44.5 Å². The number of hydrogen-bond acceptors (Lipinski definition) is 14. The number of amides is 8. The summed E-state index contributed by atoms with van der Waals surface area (Å²) in [5.41, 5.74) is 1.10. The Kier molecular flexibility index (Phi) is 26.6. The topological polar surface area (TPSA) is 385 Å². The van der Waals surface area contributed by atoms with Gasteiger partial charge in [-0.05, 0) is 55.6 Å². The van der Waals surface area contributed by atoms with Crippen molar-refractivity contribution in [1.29, 1.82) is 0 Å². The fourth-order valence-electron chi connectivity index (χ4n) is 7.01. The summed E-state index contributed by atoms with van der Waals surface area (Å²) in [4.78, 5) is 143. The number of unbranched alkanes of at least 4 members (excludes halogenated alkanes) is 1. The van der Waals surface area contributed by atoms with E-state index in [0.29, 0.717) is 24.0 Å². The second kappa shape index (κ2) is 31.4. The Balaban J connectivity index is 2.43. The summed E-state index contributed by atoms with van der Waals surface area (Å²) in [5, 5.41) is 66.4. The van der Waals surface area contributed by atoms with Crippen molar-refractivity contribution in [1.82, 2.24) is 42.5 Å². The molecule has 2 aromatic rings. The molecule has 0 aliphatic heterocycles. The summed E-state index contributed by atoms with van der Waals surface area (Å²) in [5.74, 6) is -14.3. The van der Waals surface area contributed by atoms with Crippen LogP contribution in [-0.2, 0) is 65.6 Å². The lowest BCUT2D eigenvalue weighted by Crippen LogP contribution is -2.61. The quantitative estimate of drug-likeness (QED) is 0.0218. The summed E-state index contributed by atoms with van der Waals surface area (Å²) in [7, 11) is 0. The molecule has 73 heavy (non-hydrogen) atoms. The molecule has 0 saturated carbocycles. The summed E-state index contributed by atoms with van der Waals surface area (Å²) in [6.07, 6.45) is -2.21. The maximum atomic E-state index is 14.4. The van der Waals surface area contributed by atoms with E-state index < -0.39 is 132 Å². The lowest BCUT2D eigenvalue weighted by atomic mass is 9.98. The Labute approximate surface area is 427 Å². The standard InChI is InChI=1S/C48H68N8O16S/c1-25(2)20-31(51-40(62)30(18-12-13-19-57)50-44(66)35(58)24-73)43(65)55-37(26(3)4)45(67)53-33(22-29-16-10-7-11-17-29)42(64)52-32(21-28-14-8-6-9-15-28)41(63)49-27(5)39(61)56-38(48(71)72)46(68)54-34(47(69)70)23-36(59)60/h6-11,14-17,25-27,30-35,37-38,57-58,73H,12-13,18-24H2,1-5H3,(H,49,63)(H,50,66)(H,51,62)(H,52,64)(H,53,67)(H,54,68)(H,55,65)(H,56,61)(H,59,60)(H,69,70)(H,71,72)/t27?,30-,31?,32-,33?,34?,35?,37-,38+/m0/s1. The number of rotatable bonds is 32. The van der Waals surface area contributed by atoms with Crippen LogP contribution in [-0.4, -0.2) is 157 Å². The molecule has 0 aromatic heterocycles. The van der Waals surface area contributed by atoms with Crippen LogP contribution in [0.15, 0.2) is 60.7 Å². The van der Waals surface area contributed by atoms with Gasteiger partial charge in [-0.2, -0.15) is 12.6 Å². The number of aliphatic carboxylic acids is 3. The first-order valence-corrected chi connectivity index (χ1v) is 24.1. The first kappa shape index (κ1) is 62.0. The van der Waals surface area contributed by atoms with Gasteiger partial charge in [0.15, 0.2) is 0 Å². The molecule has 2 aromatic carbocycles. The number of benzene rings is 2. The fourth-order valence-corrected chi connectivity index (χ4v) is 7.18. The van der Waals surface area contributed by atoms with Crippen LogP contribution in [0, 0.1) is 11.8 Å². The smallest absolute Gasteiger partial charge is 0.336 e. The number of nitrogens with one attached hydrogen (secondary N) is 8. The Morgan fingerprint density at radius 1 is 0.507 bits per heavy atom. The Hall–Kier alpha value is -7.12. The van der Waals surface area contributed by atoms with Crippen LogP contribution in [0.4, 0.5) is 0 Å². The van der Waals surface area contributed by atoms with Crippen molar-refractivity contribution in [3.8, 4) is 0 Å². The Morgan fingerprint density at radius 3 is 1.44 bits per heavy atom. The third-order valence-electron chi connectivity index (χ3n) is 11.0. The first-order chi connectivity index (χ1) is 34.4. The van der Waals surface area contributed by atoms with Gasteiger partial charge in [-0.1, -0.05) is 88.4 Å². The molecular formula is C48H68N8O16S. The largest absolute Gasteiger partial charge is 0.481 e. The molecule has 0 spiro atoms. The second-order valence-electron chi connectivity index (χ2n) is 17.9. The van der Waals surface area contributed by atoms with Crippen LogP contribution in [0.2, 0.25) is 0 Å². The van der Waals surface area contributed by atoms with E-state index in [0.717, 1.165) is 6.92 Å². The van der Waals surface area contributed by atoms with Crippen molar-refractivity contribution in [2.45, 2.75) is 134 Å². The highest BCUT2D eigenvalue weighted by Gasteiger charge is 2.37. The number of carbonyl (C=O) groups is 11. The van der Waals surface area contributed by atoms with E-state index in [-0.39, 0.29) is 44.0 Å². The lowest BCUT2D eigenvalue weighted by molar-refractivity contribution is -0.150. The number of aliphatic hydroxyl groups excluding tert-OH is 2. The molecule has 0 radical (unpaired) electrons. The first-order valence-electron chi connectivity index (χ1n) is 23.5. The minimum atomic E-state index is -2.43. The van der Waals surface area contributed by atoms with Gasteiger partial charge in [-0.15, -0.1) is 0 Å². The number of carbonyl (C=O) groups excluding carboxylic acids is 8. The molecular weight excluding hydrogens is 977 g/mol. The van der Waals surface area contributed by atoms with Crippen LogP contribution in [0.3, 0.4) is 0 Å². The van der Waals surface area contributed by atoms with Crippen LogP contribution >= 0.6 is 12.6 Å². The van der Waals surface area contributed by atoms with E-state index in [1.165, 1.54) is 0 Å². The van der Waals surface area contributed by atoms with Gasteiger partial charge in [0.25, 0.3) is 5.91 Å². The monoisotopic (exact) mass is 1040 g/mol. The maximum absolute atomic E-state index is 14.4. The molecule has 402 valence electrons. The second-order valence-corrected chi connectivity index (χ2v) is 18.3. The number of hydrogen-bond donors (Lipinski definition) is 14. The minimum absolute atomic E-state index is 0.0571. The molecule has 0 aliphatic carbocycles. The molecule has 5 unspecified atom stereocenters. The highest BCUT2D eigenvalue weighted by Crippen LogP contribution is 2.13. The summed E-state index contributed by atoms with van der Waals surface area (Å²) in [6, 6.07) is 4.01. The molecule has 8 amide bonds. The third kappa shape index (κ3) is 22.0. The van der Waals surface area contributed by atoms with Gasteiger partial charge in [-0.25, -0.2) is 9.59 Å². The van der Waals surface area contributed by atoms with E-state index in [1.807, 2.05) is 5.32 Å². The predicted molar refractivity (Wildman–Crippen MR) is 264 cm³/mol. The number of carboxylic acid groups (broad SMARTS) is 3. The minimum Gasteiger partial charge on any atom is -0.481 e. The van der Waals surface area contributed by atoms with Crippen molar-refractivity contribution in [3.63, 3.8) is 0 Å². The number of carboxylic acids is 3. The van der Waals surface area contributed by atoms with Gasteiger partial charge in [0.2, 0.25) is 47.4 Å². The van der Waals surface area contributed by atoms with Crippen molar-refractivity contribution in [2.75, 3.05) is 12.4 Å². The number of aliphatic hydroxyl groups is 2. The Morgan fingerprint density at radius 2 is 0.973 bits per heavy atom. The molecule has 0 heterocycles. The van der Waals surface area contributed by atoms with Gasteiger partial charge >= 0.3 is 17.9 Å². The lowest BCUT2D eigenvalue weighted by Gasteiger charge is -2.29. The van der Waals surface area contributed by atoms with Gasteiger partial charge < -0.3 is 68.1 Å². The van der Waals surface area contributed by atoms with E-state index in [4.69, 9.17) is 5.11 Å². The van der Waals surface area contributed by atoms with Crippen molar-refractivity contribution in [3.05, 3.63) is 71.8 Å². The van der Waals surface area contributed by atoms with Crippen LogP contribution in [0.25, 0.3) is 0 Å². The number of thiol groups is 1. The normalized spacial score (nSPS) is 14.8. The SMILES string of the molecule is CC(C)CC(NC(=O)[C@H](CCCCO)NC(=O)C(O)CS)C(=O)N[C@H](C(=O)NC(Cc1ccccc1)C(=O)N[C@@H](Cc1ccccc1)C(=O)NC(C)C(=O)N[C@@H](C(=O)O)C(=O)NC(CC(=O)O)C(=O)O)C(C)C. The summed E-state index contributed by atoms with van der Waals surface area (Å²) in [6.45, 7) is 7.78. The highest BCUT2D eigenvalue weighted by atomic mass is 32.1. The van der Waals surface area contributed by atoms with Gasteiger partial charge in [0.05, 0.1) is 6.42 Å². The molecule has 13 N–H and O–H groups in total. The molecule has 0 fully saturated rings. The zero-order valence-electron chi connectivity index (χ0n) is 41.2. The fraction of sp³-hybridized carbons (Fsp3) is 0.521. The maximum Gasteiger partial charge on any atom is 0.336 e. The van der Waals surface area contributed by atoms with Gasteiger partial charge in [-0.3, -0.25) is 43.2 Å². The molecule has 0 aliphatic rings. The zero-order chi connectivity index (χ0) is 54.9. The van der Waals surface area contributed by atoms with Crippen LogP contribution in [0.1, 0.15) is 77.8 Å². The van der Waals surface area contributed by atoms with Gasteiger partial charge in [0, 0.05) is 25.2 Å². The average Bonchev–Trinajstić information content (AvgIpc) is 3.33. The zero-order valence-corrected chi connectivity index (χ0v) is 42.1.